The predicted molar refractivity (Wildman–Crippen MR) is 93.4 cm³/mol. The van der Waals surface area contributed by atoms with Gasteiger partial charge >= 0.3 is 0 Å². The van der Waals surface area contributed by atoms with Crippen molar-refractivity contribution in [3.63, 3.8) is 0 Å². The maximum atomic E-state index is 12.5. The van der Waals surface area contributed by atoms with Crippen molar-refractivity contribution in [3.8, 4) is 17.6 Å². The number of amides is 1. The zero-order chi connectivity index (χ0) is 17.1. The minimum absolute atomic E-state index is 0.0901. The first-order valence-corrected chi connectivity index (χ1v) is 8.89. The van der Waals surface area contributed by atoms with Gasteiger partial charge in [0.1, 0.15) is 11.6 Å². The van der Waals surface area contributed by atoms with Gasteiger partial charge in [-0.15, -0.1) is 0 Å². The van der Waals surface area contributed by atoms with Crippen LogP contribution in [0.4, 0.5) is 0 Å². The molecule has 1 aromatic carbocycles. The van der Waals surface area contributed by atoms with Crippen LogP contribution in [0.25, 0.3) is 6.08 Å². The summed E-state index contributed by atoms with van der Waals surface area (Å²) in [5, 5.41) is 12.4. The summed E-state index contributed by atoms with van der Waals surface area (Å²) in [4.78, 5) is 12.5. The lowest BCUT2D eigenvalue weighted by atomic mass is 9.86. The molecule has 1 fully saturated rings. The van der Waals surface area contributed by atoms with Gasteiger partial charge in [0.15, 0.2) is 11.5 Å². The second kappa shape index (κ2) is 7.27. The summed E-state index contributed by atoms with van der Waals surface area (Å²) < 4.78 is 11.4. The number of ether oxygens (including phenoxy) is 2. The van der Waals surface area contributed by atoms with Crippen LogP contribution in [0.15, 0.2) is 22.2 Å². The van der Waals surface area contributed by atoms with E-state index in [0.29, 0.717) is 23.0 Å². The highest BCUT2D eigenvalue weighted by atomic mass is 79.9. The Hall–Kier alpha value is -2.00. The molecule has 0 radical (unpaired) electrons. The topological polar surface area (TPSA) is 71.4 Å². The van der Waals surface area contributed by atoms with Gasteiger partial charge in [-0.05, 0) is 42.5 Å². The third kappa shape index (κ3) is 3.57. The van der Waals surface area contributed by atoms with Crippen LogP contribution >= 0.6 is 15.9 Å². The molecule has 0 unspecified atom stereocenters. The van der Waals surface area contributed by atoms with Crippen molar-refractivity contribution in [2.24, 2.45) is 5.92 Å². The Kier molecular flexibility index (Phi) is 5.10. The Morgan fingerprint density at radius 1 is 1.33 bits per heavy atom. The van der Waals surface area contributed by atoms with E-state index < -0.39 is 0 Å². The summed E-state index contributed by atoms with van der Waals surface area (Å²) >= 11 is 3.44. The molecule has 1 N–H and O–H groups in total. The lowest BCUT2D eigenvalue weighted by Crippen LogP contribution is -2.41. The number of nitrogens with one attached hydrogen (secondary N) is 1. The number of benzene rings is 1. The van der Waals surface area contributed by atoms with E-state index in [0.717, 1.165) is 23.7 Å². The van der Waals surface area contributed by atoms with Gasteiger partial charge in [-0.2, -0.15) is 5.26 Å². The fraction of sp³-hybridized carbons (Fsp3) is 0.444. The smallest absolute Gasteiger partial charge is 0.262 e. The maximum absolute atomic E-state index is 12.5. The highest BCUT2D eigenvalue weighted by Crippen LogP contribution is 2.37. The number of halogens is 1. The summed E-state index contributed by atoms with van der Waals surface area (Å²) in [5.74, 6) is 1.39. The molecule has 1 aliphatic heterocycles. The fourth-order valence-electron chi connectivity index (χ4n) is 3.12. The zero-order valence-corrected chi connectivity index (χ0v) is 15.1. The molecule has 2 atom stereocenters. The quantitative estimate of drug-likeness (QED) is 0.629. The molecule has 1 amide bonds. The average molecular weight is 391 g/mol. The van der Waals surface area contributed by atoms with E-state index >= 15 is 0 Å². The second-order valence-corrected chi connectivity index (χ2v) is 7.09. The van der Waals surface area contributed by atoms with Crippen molar-refractivity contribution in [1.82, 2.24) is 5.32 Å². The van der Waals surface area contributed by atoms with Gasteiger partial charge in [0.05, 0.1) is 0 Å². The summed E-state index contributed by atoms with van der Waals surface area (Å²) in [7, 11) is 0. The minimum atomic E-state index is -0.319. The third-order valence-electron chi connectivity index (χ3n) is 4.58. The number of nitriles is 1. The van der Waals surface area contributed by atoms with Crippen LogP contribution in [-0.4, -0.2) is 18.7 Å². The molecule has 1 aliphatic carbocycles. The van der Waals surface area contributed by atoms with Crippen LogP contribution in [0.3, 0.4) is 0 Å². The molecule has 6 heteroatoms. The molecule has 126 valence electrons. The standard InChI is InChI=1S/C18H19BrN2O3/c1-11-4-2-3-5-15(11)21-18(22)13(9-20)6-12-7-16-17(8-14(12)19)24-10-23-16/h6-8,11,15H,2-5,10H2,1H3,(H,21,22)/b13-6+/t11-,15-/m1/s1. The Bertz CT molecular complexity index is 724. The highest BCUT2D eigenvalue weighted by Gasteiger charge is 2.24. The van der Waals surface area contributed by atoms with Crippen LogP contribution in [0.1, 0.15) is 38.2 Å². The van der Waals surface area contributed by atoms with Crippen molar-refractivity contribution >= 4 is 27.9 Å². The van der Waals surface area contributed by atoms with E-state index in [1.54, 1.807) is 18.2 Å². The third-order valence-corrected chi connectivity index (χ3v) is 5.27. The Balaban J connectivity index is 1.79. The van der Waals surface area contributed by atoms with Gasteiger partial charge in [-0.3, -0.25) is 4.79 Å². The molecule has 0 saturated heterocycles. The first kappa shape index (κ1) is 16.8. The van der Waals surface area contributed by atoms with E-state index in [1.807, 2.05) is 6.07 Å². The SMILES string of the molecule is C[C@@H]1CCCC[C@H]1NC(=O)/C(C#N)=C/c1cc2c(cc1Br)OCO2. The van der Waals surface area contributed by atoms with E-state index in [1.165, 1.54) is 6.42 Å². The maximum Gasteiger partial charge on any atom is 0.262 e. The van der Waals surface area contributed by atoms with Gasteiger partial charge in [-0.1, -0.05) is 35.7 Å². The first-order valence-electron chi connectivity index (χ1n) is 8.10. The van der Waals surface area contributed by atoms with Crippen LogP contribution in [0.5, 0.6) is 11.5 Å². The molecule has 0 spiro atoms. The van der Waals surface area contributed by atoms with Crippen LogP contribution in [0.2, 0.25) is 0 Å². The Morgan fingerprint density at radius 3 is 2.75 bits per heavy atom. The second-order valence-electron chi connectivity index (χ2n) is 6.24. The fourth-order valence-corrected chi connectivity index (χ4v) is 3.56. The number of rotatable bonds is 3. The molecule has 0 aromatic heterocycles. The highest BCUT2D eigenvalue weighted by molar-refractivity contribution is 9.10. The molecule has 5 nitrogen and oxygen atoms in total. The van der Waals surface area contributed by atoms with Crippen molar-refractivity contribution < 1.29 is 14.3 Å². The van der Waals surface area contributed by atoms with Gasteiger partial charge in [0, 0.05) is 10.5 Å². The summed E-state index contributed by atoms with van der Waals surface area (Å²) in [6.07, 6.45) is 5.99. The molecular weight excluding hydrogens is 372 g/mol. The largest absolute Gasteiger partial charge is 0.454 e. The van der Waals surface area contributed by atoms with Crippen molar-refractivity contribution in [1.29, 1.82) is 5.26 Å². The molecule has 3 rings (SSSR count). The van der Waals surface area contributed by atoms with E-state index in [2.05, 4.69) is 28.2 Å². The van der Waals surface area contributed by atoms with E-state index in [4.69, 9.17) is 9.47 Å². The molecule has 1 saturated carbocycles. The Labute approximate surface area is 149 Å². The molecule has 0 bridgehead atoms. The molecule has 2 aliphatic rings. The summed E-state index contributed by atoms with van der Waals surface area (Å²) in [5.41, 5.74) is 0.801. The number of carbonyl (C=O) groups excluding carboxylic acids is 1. The van der Waals surface area contributed by atoms with Crippen LogP contribution < -0.4 is 14.8 Å². The molecule has 1 heterocycles. The lowest BCUT2D eigenvalue weighted by Gasteiger charge is -2.29. The average Bonchev–Trinajstić information content (AvgIpc) is 3.01. The number of fused-ring (bicyclic) bond motifs is 1. The lowest BCUT2D eigenvalue weighted by molar-refractivity contribution is -0.118. The monoisotopic (exact) mass is 390 g/mol. The minimum Gasteiger partial charge on any atom is -0.454 e. The summed E-state index contributed by atoms with van der Waals surface area (Å²) in [6.45, 7) is 2.33. The van der Waals surface area contributed by atoms with E-state index in [9.17, 15) is 10.1 Å². The number of hydrogen-bond donors (Lipinski definition) is 1. The number of nitrogens with zero attached hydrogens (tertiary/aromatic N) is 1. The van der Waals surface area contributed by atoms with Gasteiger partial charge in [0.2, 0.25) is 6.79 Å². The number of carbonyl (C=O) groups is 1. The van der Waals surface area contributed by atoms with Crippen molar-refractivity contribution in [2.75, 3.05) is 6.79 Å². The predicted octanol–water partition coefficient (Wildman–Crippen LogP) is 3.78. The van der Waals surface area contributed by atoms with Gasteiger partial charge in [-0.25, -0.2) is 0 Å². The van der Waals surface area contributed by atoms with Crippen molar-refractivity contribution in [2.45, 2.75) is 38.6 Å². The summed E-state index contributed by atoms with van der Waals surface area (Å²) in [6, 6.07) is 5.69. The van der Waals surface area contributed by atoms with E-state index in [-0.39, 0.29) is 24.3 Å². The number of hydrogen-bond acceptors (Lipinski definition) is 4. The molecule has 24 heavy (non-hydrogen) atoms. The van der Waals surface area contributed by atoms with Gasteiger partial charge < -0.3 is 14.8 Å². The van der Waals surface area contributed by atoms with Crippen LogP contribution in [-0.2, 0) is 4.79 Å². The Morgan fingerprint density at radius 2 is 2.04 bits per heavy atom. The zero-order valence-electron chi connectivity index (χ0n) is 13.5. The normalized spacial score (nSPS) is 22.8. The van der Waals surface area contributed by atoms with Gasteiger partial charge in [0.25, 0.3) is 5.91 Å². The van der Waals surface area contributed by atoms with Crippen LogP contribution in [0, 0.1) is 17.2 Å². The molecular formula is C18H19BrN2O3. The molecule has 1 aromatic rings. The van der Waals surface area contributed by atoms with Crippen molar-refractivity contribution in [3.05, 3.63) is 27.7 Å². The first-order chi connectivity index (χ1) is 11.6.